The molecule has 1 heterocycles. The van der Waals surface area contributed by atoms with Crippen molar-refractivity contribution in [3.05, 3.63) is 11.1 Å². The first-order valence-corrected chi connectivity index (χ1v) is 6.40. The van der Waals surface area contributed by atoms with Crippen molar-refractivity contribution in [3.8, 4) is 0 Å². The second-order valence-electron chi connectivity index (χ2n) is 3.46. The number of thiazole rings is 1. The van der Waals surface area contributed by atoms with Crippen molar-refractivity contribution in [2.24, 2.45) is 5.92 Å². The van der Waals surface area contributed by atoms with Gasteiger partial charge in [-0.25, -0.2) is 4.98 Å². The predicted octanol–water partition coefficient (Wildman–Crippen LogP) is 3.26. The van der Waals surface area contributed by atoms with E-state index in [4.69, 9.17) is 11.6 Å². The Labute approximate surface area is 98.9 Å². The number of hydrogen-bond donors (Lipinski definition) is 1. The molecule has 0 aliphatic carbocycles. The van der Waals surface area contributed by atoms with Crippen LogP contribution in [-0.4, -0.2) is 10.9 Å². The minimum atomic E-state index is 0.0346. The molecule has 5 heteroatoms. The number of alkyl halides is 1. The monoisotopic (exact) mass is 246 g/mol. The molecule has 84 valence electrons. The van der Waals surface area contributed by atoms with E-state index in [1.54, 1.807) is 0 Å². The minimum Gasteiger partial charge on any atom is -0.302 e. The number of hydrogen-bond acceptors (Lipinski definition) is 3. The van der Waals surface area contributed by atoms with Gasteiger partial charge in [0.1, 0.15) is 0 Å². The van der Waals surface area contributed by atoms with Gasteiger partial charge >= 0.3 is 0 Å². The van der Waals surface area contributed by atoms with E-state index in [9.17, 15) is 4.79 Å². The summed E-state index contributed by atoms with van der Waals surface area (Å²) in [5.41, 5.74) is 0.806. The van der Waals surface area contributed by atoms with Crippen LogP contribution in [0.25, 0.3) is 0 Å². The van der Waals surface area contributed by atoms with Crippen molar-refractivity contribution in [3.63, 3.8) is 0 Å². The molecular formula is C10H15ClN2OS. The van der Waals surface area contributed by atoms with Crippen LogP contribution in [0.4, 0.5) is 5.13 Å². The average Bonchev–Trinajstić information content (AvgIpc) is 2.66. The van der Waals surface area contributed by atoms with Gasteiger partial charge in [0.25, 0.3) is 0 Å². The molecule has 1 aromatic heterocycles. The molecule has 0 saturated heterocycles. The van der Waals surface area contributed by atoms with Crippen LogP contribution in [0.3, 0.4) is 0 Å². The minimum absolute atomic E-state index is 0.0346. The normalized spacial score (nSPS) is 12.5. The van der Waals surface area contributed by atoms with Crippen molar-refractivity contribution in [1.29, 1.82) is 0 Å². The summed E-state index contributed by atoms with van der Waals surface area (Å²) in [6.07, 6.45) is 1.92. The smallest absolute Gasteiger partial charge is 0.228 e. The fourth-order valence-electron chi connectivity index (χ4n) is 1.22. The number of nitrogens with one attached hydrogen (secondary N) is 1. The van der Waals surface area contributed by atoms with Gasteiger partial charge in [-0.05, 0) is 6.42 Å². The molecule has 0 bridgehead atoms. The number of carbonyl (C=O) groups excluding carboxylic acids is 1. The number of rotatable bonds is 5. The molecule has 1 aromatic rings. The van der Waals surface area contributed by atoms with Crippen LogP contribution < -0.4 is 5.32 Å². The van der Waals surface area contributed by atoms with E-state index in [1.165, 1.54) is 11.3 Å². The topological polar surface area (TPSA) is 42.0 Å². The maximum Gasteiger partial charge on any atom is 0.228 e. The summed E-state index contributed by atoms with van der Waals surface area (Å²) in [5.74, 6) is 0.460. The standard InChI is InChI=1S/C10H15ClN2OS/c1-3-4-7(2)9(14)13-10-12-8(5-11)6-15-10/h6-7H,3-5H2,1-2H3,(H,12,13,14). The summed E-state index contributed by atoms with van der Waals surface area (Å²) in [7, 11) is 0. The van der Waals surface area contributed by atoms with E-state index in [2.05, 4.69) is 17.2 Å². The molecular weight excluding hydrogens is 232 g/mol. The third kappa shape index (κ3) is 3.80. The number of amides is 1. The Bertz CT molecular complexity index is 327. The lowest BCUT2D eigenvalue weighted by molar-refractivity contribution is -0.119. The second kappa shape index (κ2) is 6.08. The summed E-state index contributed by atoms with van der Waals surface area (Å²) in [6, 6.07) is 0. The molecule has 0 aliphatic heterocycles. The van der Waals surface area contributed by atoms with Gasteiger partial charge < -0.3 is 5.32 Å². The van der Waals surface area contributed by atoms with Crippen molar-refractivity contribution in [2.45, 2.75) is 32.6 Å². The zero-order valence-electron chi connectivity index (χ0n) is 8.92. The van der Waals surface area contributed by atoms with Crippen molar-refractivity contribution < 1.29 is 4.79 Å². The van der Waals surface area contributed by atoms with Gasteiger partial charge in [0.2, 0.25) is 5.91 Å². The summed E-state index contributed by atoms with van der Waals surface area (Å²) < 4.78 is 0. The zero-order valence-corrected chi connectivity index (χ0v) is 10.5. The number of carbonyl (C=O) groups is 1. The van der Waals surface area contributed by atoms with E-state index in [1.807, 2.05) is 12.3 Å². The first-order valence-electron chi connectivity index (χ1n) is 4.98. The lowest BCUT2D eigenvalue weighted by Gasteiger charge is -2.08. The summed E-state index contributed by atoms with van der Waals surface area (Å²) in [5, 5.41) is 5.28. The van der Waals surface area contributed by atoms with E-state index in [0.717, 1.165) is 18.5 Å². The van der Waals surface area contributed by atoms with E-state index in [0.29, 0.717) is 11.0 Å². The molecule has 0 aliphatic rings. The van der Waals surface area contributed by atoms with Crippen LogP contribution in [0.2, 0.25) is 0 Å². The van der Waals surface area contributed by atoms with Crippen LogP contribution in [0.1, 0.15) is 32.4 Å². The van der Waals surface area contributed by atoms with Gasteiger partial charge in [-0.1, -0.05) is 20.3 Å². The molecule has 1 atom stereocenters. The zero-order chi connectivity index (χ0) is 11.3. The van der Waals surface area contributed by atoms with Gasteiger partial charge in [-0.2, -0.15) is 0 Å². The Balaban J connectivity index is 2.50. The average molecular weight is 247 g/mol. The summed E-state index contributed by atoms with van der Waals surface area (Å²) in [4.78, 5) is 15.8. The quantitative estimate of drug-likeness (QED) is 0.811. The first-order chi connectivity index (χ1) is 7.17. The highest BCUT2D eigenvalue weighted by Crippen LogP contribution is 2.18. The van der Waals surface area contributed by atoms with Crippen LogP contribution in [0.5, 0.6) is 0 Å². The Morgan fingerprint density at radius 1 is 1.73 bits per heavy atom. The molecule has 0 fully saturated rings. The highest BCUT2D eigenvalue weighted by Gasteiger charge is 2.13. The van der Waals surface area contributed by atoms with Gasteiger partial charge in [-0.15, -0.1) is 22.9 Å². The Morgan fingerprint density at radius 3 is 3.00 bits per heavy atom. The summed E-state index contributed by atoms with van der Waals surface area (Å²) in [6.45, 7) is 3.99. The van der Waals surface area contributed by atoms with Gasteiger partial charge in [0.05, 0.1) is 11.6 Å². The van der Waals surface area contributed by atoms with E-state index < -0.39 is 0 Å². The number of aromatic nitrogens is 1. The molecule has 1 N–H and O–H groups in total. The van der Waals surface area contributed by atoms with Crippen molar-refractivity contribution in [1.82, 2.24) is 4.98 Å². The molecule has 0 radical (unpaired) electrons. The fraction of sp³-hybridized carbons (Fsp3) is 0.600. The fourth-order valence-corrected chi connectivity index (χ4v) is 2.16. The van der Waals surface area contributed by atoms with E-state index in [-0.39, 0.29) is 11.8 Å². The lowest BCUT2D eigenvalue weighted by Crippen LogP contribution is -2.20. The third-order valence-electron chi connectivity index (χ3n) is 2.09. The molecule has 0 spiro atoms. The van der Waals surface area contributed by atoms with Crippen molar-refractivity contribution >= 4 is 34.0 Å². The van der Waals surface area contributed by atoms with E-state index >= 15 is 0 Å². The largest absolute Gasteiger partial charge is 0.302 e. The molecule has 3 nitrogen and oxygen atoms in total. The van der Waals surface area contributed by atoms with Crippen LogP contribution in [0.15, 0.2) is 5.38 Å². The van der Waals surface area contributed by atoms with Gasteiger partial charge in [-0.3, -0.25) is 4.79 Å². The van der Waals surface area contributed by atoms with Crippen molar-refractivity contribution in [2.75, 3.05) is 5.32 Å². The Morgan fingerprint density at radius 2 is 2.47 bits per heavy atom. The predicted molar refractivity (Wildman–Crippen MR) is 64.4 cm³/mol. The Kier molecular flexibility index (Phi) is 5.05. The van der Waals surface area contributed by atoms with Crippen LogP contribution in [0, 0.1) is 5.92 Å². The molecule has 1 unspecified atom stereocenters. The molecule has 1 rings (SSSR count). The number of anilines is 1. The first kappa shape index (κ1) is 12.5. The second-order valence-corrected chi connectivity index (χ2v) is 4.58. The number of nitrogens with zero attached hydrogens (tertiary/aromatic N) is 1. The SMILES string of the molecule is CCCC(C)C(=O)Nc1nc(CCl)cs1. The third-order valence-corrected chi connectivity index (χ3v) is 3.17. The number of halogens is 1. The molecule has 1 amide bonds. The molecule has 15 heavy (non-hydrogen) atoms. The van der Waals surface area contributed by atoms with Gasteiger partial charge in [0, 0.05) is 11.3 Å². The Hall–Kier alpha value is -0.610. The van der Waals surface area contributed by atoms with Crippen LogP contribution >= 0.6 is 22.9 Å². The lowest BCUT2D eigenvalue weighted by atomic mass is 10.1. The maximum absolute atomic E-state index is 11.6. The van der Waals surface area contributed by atoms with Gasteiger partial charge in [0.15, 0.2) is 5.13 Å². The van der Waals surface area contributed by atoms with Crippen LogP contribution in [-0.2, 0) is 10.7 Å². The maximum atomic E-state index is 11.6. The molecule has 0 aromatic carbocycles. The summed E-state index contributed by atoms with van der Waals surface area (Å²) >= 11 is 7.03. The highest BCUT2D eigenvalue weighted by atomic mass is 35.5. The molecule has 0 saturated carbocycles. The highest BCUT2D eigenvalue weighted by molar-refractivity contribution is 7.13.